The molecule has 1 atom stereocenters. The number of aromatic hydroxyl groups is 2. The van der Waals surface area contributed by atoms with Crippen molar-refractivity contribution in [2.75, 3.05) is 14.2 Å². The van der Waals surface area contributed by atoms with Crippen molar-refractivity contribution in [1.29, 1.82) is 0 Å². The smallest absolute Gasteiger partial charge is 0.347 e. The third kappa shape index (κ3) is 3.50. The quantitative estimate of drug-likeness (QED) is 0.508. The van der Waals surface area contributed by atoms with Crippen molar-refractivity contribution in [1.82, 2.24) is 0 Å². The fourth-order valence-corrected chi connectivity index (χ4v) is 3.15. The maximum atomic E-state index is 12.9. The monoisotopic (exact) mass is 416 g/mol. The van der Waals surface area contributed by atoms with E-state index in [-0.39, 0.29) is 51.2 Å². The summed E-state index contributed by atoms with van der Waals surface area (Å²) in [6.07, 6.45) is 0.673. The first-order valence-electron chi connectivity index (χ1n) is 8.80. The Morgan fingerprint density at radius 3 is 2.47 bits per heavy atom. The second kappa shape index (κ2) is 7.96. The molecule has 1 heterocycles. The number of phenols is 2. The lowest BCUT2D eigenvalue weighted by atomic mass is 9.99. The molecular weight excluding hydrogens is 396 g/mol. The molecule has 2 aromatic carbocycles. The fraction of sp³-hybridized carbons (Fsp3) is 0.238. The highest BCUT2D eigenvalue weighted by atomic mass is 16.6. The van der Waals surface area contributed by atoms with Gasteiger partial charge in [-0.15, -0.1) is 0 Å². The molecule has 1 aliphatic heterocycles. The molecule has 0 bridgehead atoms. The molecule has 0 saturated carbocycles. The average molecular weight is 416 g/mol. The van der Waals surface area contributed by atoms with E-state index in [1.165, 1.54) is 25.3 Å². The van der Waals surface area contributed by atoms with Gasteiger partial charge < -0.3 is 34.3 Å². The van der Waals surface area contributed by atoms with Crippen LogP contribution in [0.2, 0.25) is 0 Å². The normalized spacial score (nSPS) is 13.6. The molecule has 9 heteroatoms. The predicted octanol–water partition coefficient (Wildman–Crippen LogP) is 2.60. The number of benzene rings is 2. The van der Waals surface area contributed by atoms with Crippen LogP contribution in [0.1, 0.15) is 27.0 Å². The third-order valence-electron chi connectivity index (χ3n) is 4.59. The lowest BCUT2D eigenvalue weighted by molar-refractivity contribution is -0.147. The zero-order valence-electron chi connectivity index (χ0n) is 16.7. The van der Waals surface area contributed by atoms with E-state index in [0.717, 1.165) is 13.2 Å². The van der Waals surface area contributed by atoms with Crippen molar-refractivity contribution < 1.29 is 43.9 Å². The first-order chi connectivity index (χ1) is 14.2. The predicted molar refractivity (Wildman–Crippen MR) is 104 cm³/mol. The maximum absolute atomic E-state index is 12.9. The molecule has 0 aliphatic carbocycles. The Morgan fingerprint density at radius 2 is 1.83 bits per heavy atom. The van der Waals surface area contributed by atoms with Gasteiger partial charge in [-0.05, 0) is 37.6 Å². The molecule has 0 spiro atoms. The van der Waals surface area contributed by atoms with Gasteiger partial charge in [0.05, 0.1) is 19.8 Å². The maximum Gasteiger partial charge on any atom is 0.347 e. The van der Waals surface area contributed by atoms with Crippen LogP contribution in [0.15, 0.2) is 18.2 Å². The van der Waals surface area contributed by atoms with Crippen LogP contribution in [0.25, 0.3) is 6.08 Å². The van der Waals surface area contributed by atoms with Crippen LogP contribution in [0.4, 0.5) is 0 Å². The molecule has 158 valence electrons. The summed E-state index contributed by atoms with van der Waals surface area (Å²) in [5.74, 6) is -2.10. The van der Waals surface area contributed by atoms with Gasteiger partial charge >= 0.3 is 11.9 Å². The summed E-state index contributed by atoms with van der Waals surface area (Å²) in [7, 11) is 2.43. The summed E-state index contributed by atoms with van der Waals surface area (Å²) < 4.78 is 21.0. The number of phenolic OH excluding ortho intramolecular Hbond substituents is 2. The van der Waals surface area contributed by atoms with Gasteiger partial charge in [0, 0.05) is 11.6 Å². The molecule has 0 saturated heterocycles. The van der Waals surface area contributed by atoms with E-state index in [0.29, 0.717) is 5.56 Å². The summed E-state index contributed by atoms with van der Waals surface area (Å²) in [5.41, 5.74) is 0.693. The standard InChI is InChI=1S/C21H20O9/c1-9-7-11(22)8-14-17(9)30-19-12(5-6-13(23)20(25)28-4)16(24)18(27-3)10(2)15(19)21(26)29-14/h5-8,13,22-24H,1-4H3/b6-5+/t13-/m1/s1. The number of ether oxygens (including phenoxy) is 4. The molecule has 0 aromatic heterocycles. The summed E-state index contributed by atoms with van der Waals surface area (Å²) in [6.45, 7) is 3.18. The number of methoxy groups -OCH3 is 2. The van der Waals surface area contributed by atoms with Gasteiger partial charge in [0.2, 0.25) is 0 Å². The molecule has 0 unspecified atom stereocenters. The Bertz CT molecular complexity index is 1070. The minimum atomic E-state index is -1.61. The number of carbonyl (C=O) groups excluding carboxylic acids is 2. The number of carbonyl (C=O) groups is 2. The molecule has 0 radical (unpaired) electrons. The average Bonchev–Trinajstić information content (AvgIpc) is 2.83. The topological polar surface area (TPSA) is 132 Å². The first-order valence-corrected chi connectivity index (χ1v) is 8.80. The lowest BCUT2D eigenvalue weighted by Crippen LogP contribution is -2.18. The van der Waals surface area contributed by atoms with Crippen LogP contribution in [0.3, 0.4) is 0 Å². The van der Waals surface area contributed by atoms with Crippen LogP contribution in [-0.2, 0) is 9.53 Å². The third-order valence-corrected chi connectivity index (χ3v) is 4.59. The Morgan fingerprint density at radius 1 is 1.13 bits per heavy atom. The number of esters is 2. The largest absolute Gasteiger partial charge is 0.508 e. The van der Waals surface area contributed by atoms with Gasteiger partial charge in [-0.25, -0.2) is 9.59 Å². The number of aliphatic hydroxyl groups is 1. The summed E-state index contributed by atoms with van der Waals surface area (Å²) in [4.78, 5) is 24.4. The minimum absolute atomic E-state index is 0.00363. The van der Waals surface area contributed by atoms with Crippen LogP contribution < -0.4 is 14.2 Å². The molecule has 1 aliphatic rings. The van der Waals surface area contributed by atoms with E-state index in [1.807, 2.05) is 0 Å². The minimum Gasteiger partial charge on any atom is -0.508 e. The zero-order chi connectivity index (χ0) is 22.2. The van der Waals surface area contributed by atoms with Crippen molar-refractivity contribution in [3.05, 3.63) is 40.5 Å². The Kier molecular flexibility index (Phi) is 5.57. The molecule has 0 amide bonds. The number of aryl methyl sites for hydroxylation is 1. The van der Waals surface area contributed by atoms with Crippen molar-refractivity contribution in [2.45, 2.75) is 20.0 Å². The van der Waals surface area contributed by atoms with Gasteiger partial charge in [-0.2, -0.15) is 0 Å². The highest BCUT2D eigenvalue weighted by Crippen LogP contribution is 2.50. The van der Waals surface area contributed by atoms with Crippen molar-refractivity contribution in [2.24, 2.45) is 0 Å². The summed E-state index contributed by atoms with van der Waals surface area (Å²) in [5, 5.41) is 30.4. The van der Waals surface area contributed by atoms with E-state index in [9.17, 15) is 24.9 Å². The van der Waals surface area contributed by atoms with Gasteiger partial charge in [-0.3, -0.25) is 0 Å². The van der Waals surface area contributed by atoms with Crippen molar-refractivity contribution in [3.8, 4) is 34.5 Å². The Labute approximate surface area is 171 Å². The first kappa shape index (κ1) is 21.0. The molecule has 2 aromatic rings. The molecule has 3 N–H and O–H groups in total. The number of hydrogen-bond acceptors (Lipinski definition) is 9. The van der Waals surface area contributed by atoms with E-state index >= 15 is 0 Å². The second-order valence-electron chi connectivity index (χ2n) is 6.53. The number of aliphatic hydroxyl groups excluding tert-OH is 1. The van der Waals surface area contributed by atoms with Crippen LogP contribution in [0, 0.1) is 13.8 Å². The summed E-state index contributed by atoms with van der Waals surface area (Å²) in [6, 6.07) is 2.65. The molecule has 0 fully saturated rings. The van der Waals surface area contributed by atoms with Crippen molar-refractivity contribution in [3.63, 3.8) is 0 Å². The van der Waals surface area contributed by atoms with Crippen LogP contribution in [0.5, 0.6) is 34.5 Å². The molecule has 30 heavy (non-hydrogen) atoms. The van der Waals surface area contributed by atoms with Gasteiger partial charge in [-0.1, -0.05) is 0 Å². The number of fused-ring (bicyclic) bond motifs is 2. The van der Waals surface area contributed by atoms with Crippen molar-refractivity contribution >= 4 is 18.0 Å². The molecular formula is C21H20O9. The highest BCUT2D eigenvalue weighted by Gasteiger charge is 2.33. The van der Waals surface area contributed by atoms with E-state index in [4.69, 9.17) is 14.2 Å². The zero-order valence-corrected chi connectivity index (χ0v) is 16.7. The lowest BCUT2D eigenvalue weighted by Gasteiger charge is -2.18. The number of hydrogen-bond donors (Lipinski definition) is 3. The fourth-order valence-electron chi connectivity index (χ4n) is 3.15. The van der Waals surface area contributed by atoms with E-state index in [2.05, 4.69) is 4.74 Å². The van der Waals surface area contributed by atoms with Gasteiger partial charge in [0.15, 0.2) is 34.9 Å². The molecule has 3 rings (SSSR count). The molecule has 9 nitrogen and oxygen atoms in total. The van der Waals surface area contributed by atoms with Gasteiger partial charge in [0.1, 0.15) is 11.3 Å². The summed E-state index contributed by atoms with van der Waals surface area (Å²) >= 11 is 0. The van der Waals surface area contributed by atoms with E-state index < -0.39 is 18.0 Å². The van der Waals surface area contributed by atoms with Crippen LogP contribution >= 0.6 is 0 Å². The van der Waals surface area contributed by atoms with Gasteiger partial charge in [0.25, 0.3) is 0 Å². The highest BCUT2D eigenvalue weighted by molar-refractivity contribution is 6.00. The van der Waals surface area contributed by atoms with E-state index in [1.54, 1.807) is 13.8 Å². The number of rotatable bonds is 4. The van der Waals surface area contributed by atoms with Crippen LogP contribution in [-0.4, -0.2) is 47.6 Å². The Balaban J connectivity index is 2.27. The second-order valence-corrected chi connectivity index (χ2v) is 6.53. The SMILES string of the molecule is COC(=O)[C@H](O)/C=C/c1c(O)c(OC)c(C)c2c1Oc1c(C)cc(O)cc1OC2=O. The Hall–Kier alpha value is -3.72.